The highest BCUT2D eigenvalue weighted by Crippen LogP contribution is 2.41. The molecule has 0 amide bonds. The zero-order valence-electron chi connectivity index (χ0n) is 10.1. The van der Waals surface area contributed by atoms with Gasteiger partial charge in [0.25, 0.3) is 0 Å². The molecule has 1 aromatic carbocycles. The van der Waals surface area contributed by atoms with E-state index in [1.807, 2.05) is 38.1 Å². The fraction of sp³-hybridized carbons (Fsp3) is 0.462. The summed E-state index contributed by atoms with van der Waals surface area (Å²) in [4.78, 5) is 0. The second-order valence-electron chi connectivity index (χ2n) is 4.83. The minimum absolute atomic E-state index is 0.177. The Morgan fingerprint density at radius 3 is 3.06 bits per heavy atom. The molecule has 17 heavy (non-hydrogen) atoms. The van der Waals surface area contributed by atoms with Gasteiger partial charge in [0, 0.05) is 12.0 Å². The summed E-state index contributed by atoms with van der Waals surface area (Å²) in [5.74, 6) is 1.45. The van der Waals surface area contributed by atoms with Crippen LogP contribution in [0.25, 0.3) is 0 Å². The maximum absolute atomic E-state index is 8.60. The second kappa shape index (κ2) is 4.27. The molecule has 0 radical (unpaired) electrons. The second-order valence-corrected chi connectivity index (χ2v) is 4.83. The van der Waals surface area contributed by atoms with Crippen molar-refractivity contribution in [1.29, 1.82) is 5.26 Å². The van der Waals surface area contributed by atoms with E-state index < -0.39 is 6.04 Å². The molecule has 2 rings (SSSR count). The Hall–Kier alpha value is -1.73. The first-order valence-corrected chi connectivity index (χ1v) is 5.61. The lowest BCUT2D eigenvalue weighted by atomic mass is 10.0. The first kappa shape index (κ1) is 11.7. The Bertz CT molecular complexity index is 463. The van der Waals surface area contributed by atoms with E-state index in [1.54, 1.807) is 0 Å². The molecule has 0 fully saturated rings. The summed E-state index contributed by atoms with van der Waals surface area (Å²) in [6, 6.07) is 7.11. The van der Waals surface area contributed by atoms with E-state index in [0.717, 1.165) is 17.7 Å². The van der Waals surface area contributed by atoms with Crippen LogP contribution in [0.15, 0.2) is 18.2 Å². The van der Waals surface area contributed by atoms with Gasteiger partial charge in [0.2, 0.25) is 0 Å². The molecule has 0 saturated heterocycles. The standard InChI is InChI=1S/C13H16N2O2/c1-13(2)6-9-4-3-5-11(12(9)17-13)16-8-10(15)7-14/h3-5,10H,6,8,15H2,1-2H3. The molecule has 2 N–H and O–H groups in total. The Labute approximate surface area is 101 Å². The van der Waals surface area contributed by atoms with E-state index in [4.69, 9.17) is 20.5 Å². The number of hydrogen-bond donors (Lipinski definition) is 1. The van der Waals surface area contributed by atoms with Crippen LogP contribution >= 0.6 is 0 Å². The lowest BCUT2D eigenvalue weighted by molar-refractivity contribution is 0.132. The molecule has 1 aromatic rings. The van der Waals surface area contributed by atoms with Crippen LogP contribution in [-0.4, -0.2) is 18.2 Å². The van der Waals surface area contributed by atoms with Gasteiger partial charge in [-0.05, 0) is 19.9 Å². The fourth-order valence-electron chi connectivity index (χ4n) is 1.92. The normalized spacial score (nSPS) is 17.8. The van der Waals surface area contributed by atoms with Crippen molar-refractivity contribution < 1.29 is 9.47 Å². The number of hydrogen-bond acceptors (Lipinski definition) is 4. The summed E-state index contributed by atoms with van der Waals surface area (Å²) >= 11 is 0. The monoisotopic (exact) mass is 232 g/mol. The summed E-state index contributed by atoms with van der Waals surface area (Å²) in [7, 11) is 0. The van der Waals surface area contributed by atoms with Gasteiger partial charge in [0.1, 0.15) is 18.2 Å². The van der Waals surface area contributed by atoms with Crippen LogP contribution in [0.1, 0.15) is 19.4 Å². The van der Waals surface area contributed by atoms with Gasteiger partial charge in [-0.25, -0.2) is 0 Å². The molecular weight excluding hydrogens is 216 g/mol. The SMILES string of the molecule is CC1(C)Cc2cccc(OCC(N)C#N)c2O1. The van der Waals surface area contributed by atoms with Gasteiger partial charge in [-0.2, -0.15) is 5.26 Å². The highest BCUT2D eigenvalue weighted by atomic mass is 16.5. The van der Waals surface area contributed by atoms with Gasteiger partial charge in [-0.15, -0.1) is 0 Å². The molecule has 4 nitrogen and oxygen atoms in total. The van der Waals surface area contributed by atoms with Crippen molar-refractivity contribution in [3.63, 3.8) is 0 Å². The van der Waals surface area contributed by atoms with Crippen LogP contribution in [0.2, 0.25) is 0 Å². The Morgan fingerprint density at radius 2 is 2.35 bits per heavy atom. The highest BCUT2D eigenvalue weighted by Gasteiger charge is 2.32. The molecule has 1 atom stereocenters. The third-order valence-electron chi connectivity index (χ3n) is 2.64. The van der Waals surface area contributed by atoms with Gasteiger partial charge in [0.05, 0.1) is 6.07 Å². The van der Waals surface area contributed by atoms with Crippen molar-refractivity contribution in [2.75, 3.05) is 6.61 Å². The number of nitrogens with two attached hydrogens (primary N) is 1. The van der Waals surface area contributed by atoms with Crippen molar-refractivity contribution in [3.05, 3.63) is 23.8 Å². The van der Waals surface area contributed by atoms with Crippen molar-refractivity contribution in [2.24, 2.45) is 5.73 Å². The van der Waals surface area contributed by atoms with E-state index in [2.05, 4.69) is 0 Å². The summed E-state index contributed by atoms with van der Waals surface area (Å²) in [6.07, 6.45) is 0.865. The molecular formula is C13H16N2O2. The Kier molecular flexibility index (Phi) is 2.95. The fourth-order valence-corrected chi connectivity index (χ4v) is 1.92. The van der Waals surface area contributed by atoms with Crippen molar-refractivity contribution in [2.45, 2.75) is 31.9 Å². The summed E-state index contributed by atoms with van der Waals surface area (Å²) in [6.45, 7) is 4.26. The van der Waals surface area contributed by atoms with Gasteiger partial charge in [-0.3, -0.25) is 0 Å². The number of benzene rings is 1. The summed E-state index contributed by atoms with van der Waals surface area (Å²) in [5, 5.41) is 8.60. The van der Waals surface area contributed by atoms with Gasteiger partial charge in [-0.1, -0.05) is 12.1 Å². The van der Waals surface area contributed by atoms with Crippen LogP contribution in [0, 0.1) is 11.3 Å². The lowest BCUT2D eigenvalue weighted by Crippen LogP contribution is -2.26. The molecule has 90 valence electrons. The smallest absolute Gasteiger partial charge is 0.165 e. The van der Waals surface area contributed by atoms with Crippen LogP contribution in [0.4, 0.5) is 0 Å². The number of nitrogens with zero attached hydrogens (tertiary/aromatic N) is 1. The van der Waals surface area contributed by atoms with Crippen LogP contribution in [0.3, 0.4) is 0 Å². The number of fused-ring (bicyclic) bond motifs is 1. The predicted molar refractivity (Wildman–Crippen MR) is 63.9 cm³/mol. The van der Waals surface area contributed by atoms with Crippen molar-refractivity contribution >= 4 is 0 Å². The third-order valence-corrected chi connectivity index (χ3v) is 2.64. The maximum Gasteiger partial charge on any atom is 0.165 e. The number of nitriles is 1. The first-order chi connectivity index (χ1) is 8.02. The molecule has 1 heterocycles. The van der Waals surface area contributed by atoms with Gasteiger partial charge >= 0.3 is 0 Å². The first-order valence-electron chi connectivity index (χ1n) is 5.61. The molecule has 1 aliphatic heterocycles. The molecule has 0 aromatic heterocycles. The zero-order chi connectivity index (χ0) is 12.5. The Morgan fingerprint density at radius 1 is 1.59 bits per heavy atom. The van der Waals surface area contributed by atoms with Crippen LogP contribution < -0.4 is 15.2 Å². The number of para-hydroxylation sites is 1. The molecule has 0 spiro atoms. The maximum atomic E-state index is 8.60. The molecule has 1 unspecified atom stereocenters. The van der Waals surface area contributed by atoms with E-state index in [0.29, 0.717) is 5.75 Å². The van der Waals surface area contributed by atoms with E-state index in [-0.39, 0.29) is 12.2 Å². The minimum Gasteiger partial charge on any atom is -0.487 e. The summed E-state index contributed by atoms with van der Waals surface area (Å²) < 4.78 is 11.4. The van der Waals surface area contributed by atoms with Crippen LogP contribution in [-0.2, 0) is 6.42 Å². The third kappa shape index (κ3) is 2.51. The summed E-state index contributed by atoms with van der Waals surface area (Å²) in [5.41, 5.74) is 6.43. The topological polar surface area (TPSA) is 68.3 Å². The van der Waals surface area contributed by atoms with Crippen molar-refractivity contribution in [1.82, 2.24) is 0 Å². The van der Waals surface area contributed by atoms with Gasteiger partial charge in [0.15, 0.2) is 11.5 Å². The Balaban J connectivity index is 2.16. The quantitative estimate of drug-likeness (QED) is 0.860. The van der Waals surface area contributed by atoms with E-state index in [9.17, 15) is 0 Å². The minimum atomic E-state index is -0.611. The van der Waals surface area contributed by atoms with Gasteiger partial charge < -0.3 is 15.2 Å². The molecule has 1 aliphatic rings. The predicted octanol–water partition coefficient (Wildman–Crippen LogP) is 1.63. The van der Waals surface area contributed by atoms with Crippen LogP contribution in [0.5, 0.6) is 11.5 Å². The average molecular weight is 232 g/mol. The van der Waals surface area contributed by atoms with E-state index >= 15 is 0 Å². The largest absolute Gasteiger partial charge is 0.487 e. The molecule has 4 heteroatoms. The highest BCUT2D eigenvalue weighted by molar-refractivity contribution is 5.50. The van der Waals surface area contributed by atoms with E-state index in [1.165, 1.54) is 0 Å². The lowest BCUT2D eigenvalue weighted by Gasteiger charge is -2.18. The number of ether oxygens (including phenoxy) is 2. The number of rotatable bonds is 3. The molecule has 0 aliphatic carbocycles. The molecule has 0 bridgehead atoms. The zero-order valence-corrected chi connectivity index (χ0v) is 10.1. The molecule has 0 saturated carbocycles. The van der Waals surface area contributed by atoms with Crippen molar-refractivity contribution in [3.8, 4) is 17.6 Å². The average Bonchev–Trinajstić information content (AvgIpc) is 2.60.